The van der Waals surface area contributed by atoms with Gasteiger partial charge in [0.25, 0.3) is 0 Å². The van der Waals surface area contributed by atoms with Crippen molar-refractivity contribution in [2.24, 2.45) is 4.99 Å². The fourth-order valence-corrected chi connectivity index (χ4v) is 3.31. The van der Waals surface area contributed by atoms with Crippen molar-refractivity contribution in [3.05, 3.63) is 58.7 Å². The summed E-state index contributed by atoms with van der Waals surface area (Å²) in [5.74, 6) is 0.610. The maximum Gasteiger partial charge on any atom is 0.173 e. The van der Waals surface area contributed by atoms with E-state index in [0.717, 1.165) is 33.8 Å². The van der Waals surface area contributed by atoms with Crippen molar-refractivity contribution >= 4 is 29.6 Å². The molecule has 0 spiro atoms. The van der Waals surface area contributed by atoms with Crippen molar-refractivity contribution in [3.8, 4) is 0 Å². The maximum absolute atomic E-state index is 12.6. The summed E-state index contributed by atoms with van der Waals surface area (Å²) < 4.78 is 0. The molecule has 2 aromatic carbocycles. The molecule has 0 saturated carbocycles. The molecule has 0 aliphatic carbocycles. The number of aryl methyl sites for hydroxylation is 3. The summed E-state index contributed by atoms with van der Waals surface area (Å²) in [4.78, 5) is 20.3. The first-order valence-electron chi connectivity index (χ1n) is 8.49. The predicted molar refractivity (Wildman–Crippen MR) is 109 cm³/mol. The quantitative estimate of drug-likeness (QED) is 0.296. The molecule has 0 heterocycles. The molecular weight excluding hydrogens is 328 g/mol. The number of thioether (sulfide) groups is 1. The van der Waals surface area contributed by atoms with Gasteiger partial charge in [-0.3, -0.25) is 4.79 Å². The van der Waals surface area contributed by atoms with Gasteiger partial charge in [-0.15, -0.1) is 11.8 Å². The van der Waals surface area contributed by atoms with Crippen LogP contribution in [0.1, 0.15) is 34.0 Å². The van der Waals surface area contributed by atoms with Crippen LogP contribution in [0, 0.1) is 20.8 Å². The number of hydrogen-bond donors (Lipinski definition) is 0. The Morgan fingerprint density at radius 3 is 2.60 bits per heavy atom. The smallest absolute Gasteiger partial charge is 0.173 e. The van der Waals surface area contributed by atoms with Gasteiger partial charge in [0.2, 0.25) is 0 Å². The van der Waals surface area contributed by atoms with E-state index in [-0.39, 0.29) is 5.78 Å². The first-order valence-corrected chi connectivity index (χ1v) is 9.47. The van der Waals surface area contributed by atoms with Crippen LogP contribution in [-0.4, -0.2) is 36.4 Å². The average Bonchev–Trinajstić information content (AvgIpc) is 2.59. The molecule has 0 amide bonds. The predicted octanol–water partition coefficient (Wildman–Crippen LogP) is 5.20. The molecule has 2 rings (SSSR count). The average molecular weight is 355 g/mol. The van der Waals surface area contributed by atoms with Crippen LogP contribution in [0.4, 0.5) is 5.69 Å². The lowest BCUT2D eigenvalue weighted by Crippen LogP contribution is -2.14. The molecule has 3 nitrogen and oxygen atoms in total. The number of carbonyl (C=O) groups excluding carboxylic acids is 1. The van der Waals surface area contributed by atoms with Gasteiger partial charge in [-0.25, -0.2) is 4.99 Å². The van der Waals surface area contributed by atoms with Crippen LogP contribution in [0.15, 0.2) is 46.3 Å². The van der Waals surface area contributed by atoms with Crippen LogP contribution in [0.5, 0.6) is 0 Å². The lowest BCUT2D eigenvalue weighted by Gasteiger charge is -2.11. The van der Waals surface area contributed by atoms with Crippen molar-refractivity contribution in [3.63, 3.8) is 0 Å². The second-order valence-corrected chi connectivity index (χ2v) is 7.35. The van der Waals surface area contributed by atoms with Crippen LogP contribution < -0.4 is 0 Å². The monoisotopic (exact) mass is 354 g/mol. The molecule has 0 atom stereocenters. The minimum Gasteiger partial charge on any atom is -0.366 e. The summed E-state index contributed by atoms with van der Waals surface area (Å²) in [6.07, 6.45) is 1.83. The second-order valence-electron chi connectivity index (χ2n) is 6.30. The van der Waals surface area contributed by atoms with Crippen molar-refractivity contribution in [1.82, 2.24) is 4.90 Å². The number of rotatable bonds is 7. The van der Waals surface area contributed by atoms with E-state index in [4.69, 9.17) is 0 Å². The number of hydrogen-bond acceptors (Lipinski definition) is 3. The Hall–Kier alpha value is -2.07. The Bertz CT molecular complexity index is 783. The zero-order valence-corrected chi connectivity index (χ0v) is 16.5. The number of nitrogens with zero attached hydrogens (tertiary/aromatic N) is 2. The minimum atomic E-state index is 0.160. The normalized spacial score (nSPS) is 11.1. The lowest BCUT2D eigenvalue weighted by molar-refractivity contribution is 0.102. The highest BCUT2D eigenvalue weighted by Crippen LogP contribution is 2.26. The van der Waals surface area contributed by atoms with Crippen molar-refractivity contribution in [1.29, 1.82) is 0 Å². The molecule has 132 valence electrons. The number of Topliss-reactive ketones (excluding diaryl/α,β-unsaturated/α-hetero) is 1. The number of aliphatic imine (C=N–C) groups is 1. The summed E-state index contributed by atoms with van der Waals surface area (Å²) >= 11 is 1.59. The first kappa shape index (κ1) is 19.3. The van der Waals surface area contributed by atoms with E-state index in [9.17, 15) is 4.79 Å². The van der Waals surface area contributed by atoms with E-state index in [0.29, 0.717) is 5.75 Å². The molecule has 0 N–H and O–H groups in total. The largest absolute Gasteiger partial charge is 0.366 e. The summed E-state index contributed by atoms with van der Waals surface area (Å²) in [5.41, 5.74) is 4.92. The van der Waals surface area contributed by atoms with E-state index in [1.807, 2.05) is 56.4 Å². The summed E-state index contributed by atoms with van der Waals surface area (Å²) in [5, 5.41) is 0. The summed E-state index contributed by atoms with van der Waals surface area (Å²) in [6.45, 7) is 9.04. The molecule has 0 fully saturated rings. The van der Waals surface area contributed by atoms with Gasteiger partial charge in [-0.05, 0) is 63.1 Å². The number of ketones is 1. The maximum atomic E-state index is 12.6. The molecule has 4 heteroatoms. The third kappa shape index (κ3) is 5.46. The molecule has 25 heavy (non-hydrogen) atoms. The van der Waals surface area contributed by atoms with E-state index in [1.54, 1.807) is 11.8 Å². The molecule has 0 aliphatic heterocycles. The Labute approximate surface area is 155 Å². The lowest BCUT2D eigenvalue weighted by atomic mass is 10.0. The standard InChI is InChI=1S/C21H26N2OS/c1-6-23(5)14-22-20-12-16(3)19(11-17(20)4)21(24)13-25-18-9-7-8-15(2)10-18/h7-12,14H,6,13H2,1-5H3/b22-14-. The Morgan fingerprint density at radius 2 is 1.92 bits per heavy atom. The second kappa shape index (κ2) is 8.86. The van der Waals surface area contributed by atoms with Gasteiger partial charge in [0.05, 0.1) is 17.8 Å². The Kier molecular flexibility index (Phi) is 6.82. The van der Waals surface area contributed by atoms with Crippen LogP contribution in [0.2, 0.25) is 0 Å². The number of benzene rings is 2. The first-order chi connectivity index (χ1) is 11.9. The third-order valence-electron chi connectivity index (χ3n) is 4.10. The molecule has 0 aliphatic rings. The van der Waals surface area contributed by atoms with Gasteiger partial charge in [0, 0.05) is 24.1 Å². The Morgan fingerprint density at radius 1 is 1.16 bits per heavy atom. The summed E-state index contributed by atoms with van der Waals surface area (Å²) in [6, 6.07) is 12.2. The molecular formula is C21H26N2OS. The van der Waals surface area contributed by atoms with Crippen LogP contribution in [0.3, 0.4) is 0 Å². The zero-order valence-electron chi connectivity index (χ0n) is 15.7. The number of carbonyl (C=O) groups is 1. The third-order valence-corrected chi connectivity index (χ3v) is 5.09. The van der Waals surface area contributed by atoms with Crippen LogP contribution in [0.25, 0.3) is 0 Å². The van der Waals surface area contributed by atoms with Crippen molar-refractivity contribution in [2.75, 3.05) is 19.3 Å². The summed E-state index contributed by atoms with van der Waals surface area (Å²) in [7, 11) is 1.99. The van der Waals surface area contributed by atoms with E-state index in [2.05, 4.69) is 31.0 Å². The topological polar surface area (TPSA) is 32.7 Å². The Balaban J connectivity index is 2.12. The van der Waals surface area contributed by atoms with Crippen LogP contribution >= 0.6 is 11.8 Å². The SMILES string of the molecule is CCN(C)/C=N\c1cc(C)c(C(=O)CSc2cccc(C)c2)cc1C. The molecule has 0 saturated heterocycles. The van der Waals surface area contributed by atoms with Crippen molar-refractivity contribution < 1.29 is 4.79 Å². The minimum absolute atomic E-state index is 0.160. The highest BCUT2D eigenvalue weighted by Gasteiger charge is 2.12. The van der Waals surface area contributed by atoms with Gasteiger partial charge in [-0.1, -0.05) is 17.7 Å². The van der Waals surface area contributed by atoms with Gasteiger partial charge >= 0.3 is 0 Å². The zero-order chi connectivity index (χ0) is 18.4. The molecule has 2 aromatic rings. The fraction of sp³-hybridized carbons (Fsp3) is 0.333. The van der Waals surface area contributed by atoms with E-state index in [1.165, 1.54) is 5.56 Å². The van der Waals surface area contributed by atoms with Crippen molar-refractivity contribution in [2.45, 2.75) is 32.6 Å². The van der Waals surface area contributed by atoms with E-state index >= 15 is 0 Å². The molecule has 0 bridgehead atoms. The van der Waals surface area contributed by atoms with Crippen LogP contribution in [-0.2, 0) is 0 Å². The molecule has 0 radical (unpaired) electrons. The van der Waals surface area contributed by atoms with E-state index < -0.39 is 0 Å². The van der Waals surface area contributed by atoms with Gasteiger partial charge in [0.15, 0.2) is 5.78 Å². The van der Waals surface area contributed by atoms with Gasteiger partial charge in [0.1, 0.15) is 0 Å². The highest BCUT2D eigenvalue weighted by atomic mass is 32.2. The molecule has 0 unspecified atom stereocenters. The van der Waals surface area contributed by atoms with Gasteiger partial charge < -0.3 is 4.90 Å². The van der Waals surface area contributed by atoms with Gasteiger partial charge in [-0.2, -0.15) is 0 Å². The fourth-order valence-electron chi connectivity index (χ4n) is 2.41. The molecule has 0 aromatic heterocycles. The highest BCUT2D eigenvalue weighted by molar-refractivity contribution is 8.00.